The zero-order valence-electron chi connectivity index (χ0n) is 5.79. The van der Waals surface area contributed by atoms with E-state index in [0.717, 1.165) is 0 Å². The van der Waals surface area contributed by atoms with Gasteiger partial charge in [-0.2, -0.15) is 0 Å². The van der Waals surface area contributed by atoms with Gasteiger partial charge in [-0.1, -0.05) is 19.1 Å². The first kappa shape index (κ1) is 8.21. The van der Waals surface area contributed by atoms with Crippen molar-refractivity contribution < 1.29 is 9.90 Å². The SMILES string of the molecule is C/C=C/C(C)CC(=O)O. The van der Waals surface area contributed by atoms with E-state index in [4.69, 9.17) is 5.11 Å². The lowest BCUT2D eigenvalue weighted by Gasteiger charge is -1.98. The second-order valence-corrected chi connectivity index (χ2v) is 2.10. The molecule has 0 saturated heterocycles. The number of hydrogen-bond acceptors (Lipinski definition) is 1. The summed E-state index contributed by atoms with van der Waals surface area (Å²) in [6, 6.07) is 0. The summed E-state index contributed by atoms with van der Waals surface area (Å²) in [4.78, 5) is 10.1. The van der Waals surface area contributed by atoms with E-state index in [1.54, 1.807) is 0 Å². The summed E-state index contributed by atoms with van der Waals surface area (Å²) in [5.41, 5.74) is 0. The molecule has 0 heterocycles. The van der Waals surface area contributed by atoms with Crippen LogP contribution in [0.4, 0.5) is 0 Å². The summed E-state index contributed by atoms with van der Waals surface area (Å²) >= 11 is 0. The van der Waals surface area contributed by atoms with E-state index in [1.165, 1.54) is 0 Å². The van der Waals surface area contributed by atoms with E-state index in [0.29, 0.717) is 0 Å². The molecule has 0 aliphatic carbocycles. The average molecular weight is 128 g/mol. The van der Waals surface area contributed by atoms with Crippen LogP contribution in [0.25, 0.3) is 0 Å². The highest BCUT2D eigenvalue weighted by Gasteiger charge is 2.01. The van der Waals surface area contributed by atoms with Crippen LogP contribution < -0.4 is 0 Å². The van der Waals surface area contributed by atoms with Crippen molar-refractivity contribution in [1.29, 1.82) is 0 Å². The van der Waals surface area contributed by atoms with Gasteiger partial charge in [-0.25, -0.2) is 0 Å². The minimum atomic E-state index is -0.736. The Bertz CT molecular complexity index is 116. The van der Waals surface area contributed by atoms with E-state index in [1.807, 2.05) is 26.0 Å². The van der Waals surface area contributed by atoms with Crippen LogP contribution in [0.1, 0.15) is 20.3 Å². The molecule has 1 unspecified atom stereocenters. The fourth-order valence-electron chi connectivity index (χ4n) is 0.672. The van der Waals surface area contributed by atoms with E-state index in [-0.39, 0.29) is 12.3 Å². The quantitative estimate of drug-likeness (QED) is 0.587. The third kappa shape index (κ3) is 5.07. The first-order valence-corrected chi connectivity index (χ1v) is 3.01. The second-order valence-electron chi connectivity index (χ2n) is 2.10. The van der Waals surface area contributed by atoms with Gasteiger partial charge in [-0.05, 0) is 12.8 Å². The molecule has 0 spiro atoms. The second kappa shape index (κ2) is 4.13. The van der Waals surface area contributed by atoms with Gasteiger partial charge < -0.3 is 5.11 Å². The van der Waals surface area contributed by atoms with Crippen LogP contribution >= 0.6 is 0 Å². The molecular weight excluding hydrogens is 116 g/mol. The fourth-order valence-corrected chi connectivity index (χ4v) is 0.672. The van der Waals surface area contributed by atoms with Crippen LogP contribution in [-0.2, 0) is 4.79 Å². The first-order valence-electron chi connectivity index (χ1n) is 3.01. The van der Waals surface area contributed by atoms with Gasteiger partial charge in [0.1, 0.15) is 0 Å². The standard InChI is InChI=1S/C7H12O2/c1-3-4-6(2)5-7(8)9/h3-4,6H,5H2,1-2H3,(H,8,9)/b4-3+. The first-order chi connectivity index (χ1) is 4.16. The van der Waals surface area contributed by atoms with Crippen molar-refractivity contribution in [3.8, 4) is 0 Å². The highest BCUT2D eigenvalue weighted by Crippen LogP contribution is 2.02. The number of allylic oxidation sites excluding steroid dienone is 2. The van der Waals surface area contributed by atoms with Crippen molar-refractivity contribution in [2.75, 3.05) is 0 Å². The fraction of sp³-hybridized carbons (Fsp3) is 0.571. The zero-order chi connectivity index (χ0) is 7.28. The maximum Gasteiger partial charge on any atom is 0.303 e. The van der Waals surface area contributed by atoms with Crippen LogP contribution in [0.15, 0.2) is 12.2 Å². The highest BCUT2D eigenvalue weighted by molar-refractivity contribution is 5.67. The summed E-state index contributed by atoms with van der Waals surface area (Å²) in [6.07, 6.45) is 3.98. The summed E-state index contributed by atoms with van der Waals surface area (Å²) in [6.45, 7) is 3.77. The summed E-state index contributed by atoms with van der Waals surface area (Å²) in [5.74, 6) is -0.576. The van der Waals surface area contributed by atoms with Crippen molar-refractivity contribution in [3.63, 3.8) is 0 Å². The molecule has 0 fully saturated rings. The molecule has 0 aliphatic rings. The molecule has 2 heteroatoms. The Morgan fingerprint density at radius 2 is 2.33 bits per heavy atom. The van der Waals surface area contributed by atoms with E-state index in [9.17, 15) is 4.79 Å². The molecule has 52 valence electrons. The minimum absolute atomic E-state index is 0.160. The van der Waals surface area contributed by atoms with Crippen molar-refractivity contribution in [2.24, 2.45) is 5.92 Å². The third-order valence-corrected chi connectivity index (χ3v) is 1.02. The van der Waals surface area contributed by atoms with E-state index >= 15 is 0 Å². The van der Waals surface area contributed by atoms with Crippen LogP contribution in [0.5, 0.6) is 0 Å². The number of carboxylic acids is 1. The van der Waals surface area contributed by atoms with Crippen molar-refractivity contribution in [3.05, 3.63) is 12.2 Å². The van der Waals surface area contributed by atoms with Gasteiger partial charge in [-0.15, -0.1) is 0 Å². The van der Waals surface area contributed by atoms with Gasteiger partial charge in [0.25, 0.3) is 0 Å². The largest absolute Gasteiger partial charge is 0.481 e. The van der Waals surface area contributed by atoms with Crippen LogP contribution in [0.3, 0.4) is 0 Å². The lowest BCUT2D eigenvalue weighted by molar-refractivity contribution is -0.137. The normalized spacial score (nSPS) is 14.0. The Morgan fingerprint density at radius 3 is 2.67 bits per heavy atom. The predicted molar refractivity (Wildman–Crippen MR) is 36.2 cm³/mol. The van der Waals surface area contributed by atoms with Gasteiger partial charge >= 0.3 is 5.97 Å². The summed E-state index contributed by atoms with van der Waals surface area (Å²) in [7, 11) is 0. The number of carboxylic acid groups (broad SMARTS) is 1. The lowest BCUT2D eigenvalue weighted by Crippen LogP contribution is -2.00. The molecule has 9 heavy (non-hydrogen) atoms. The number of aliphatic carboxylic acids is 1. The Hall–Kier alpha value is -0.790. The molecular formula is C7H12O2. The topological polar surface area (TPSA) is 37.3 Å². The van der Waals surface area contributed by atoms with Crippen LogP contribution in [0.2, 0.25) is 0 Å². The maximum absolute atomic E-state index is 10.1. The van der Waals surface area contributed by atoms with Gasteiger partial charge in [0.2, 0.25) is 0 Å². The number of carbonyl (C=O) groups is 1. The molecule has 1 atom stereocenters. The average Bonchev–Trinajstić information content (AvgIpc) is 1.63. The molecule has 0 aromatic rings. The molecule has 0 aromatic heterocycles. The summed E-state index contributed by atoms with van der Waals surface area (Å²) < 4.78 is 0. The zero-order valence-corrected chi connectivity index (χ0v) is 5.79. The van der Waals surface area contributed by atoms with Crippen molar-refractivity contribution in [2.45, 2.75) is 20.3 Å². The summed E-state index contributed by atoms with van der Waals surface area (Å²) in [5, 5.41) is 8.28. The molecule has 0 aromatic carbocycles. The van der Waals surface area contributed by atoms with E-state index < -0.39 is 5.97 Å². The minimum Gasteiger partial charge on any atom is -0.481 e. The Kier molecular flexibility index (Phi) is 3.76. The maximum atomic E-state index is 10.1. The van der Waals surface area contributed by atoms with Gasteiger partial charge in [0, 0.05) is 0 Å². The predicted octanol–water partition coefficient (Wildman–Crippen LogP) is 1.67. The lowest BCUT2D eigenvalue weighted by atomic mass is 10.1. The van der Waals surface area contributed by atoms with Gasteiger partial charge in [0.15, 0.2) is 0 Å². The molecule has 0 radical (unpaired) electrons. The van der Waals surface area contributed by atoms with Crippen LogP contribution in [0, 0.1) is 5.92 Å². The molecule has 0 rings (SSSR count). The molecule has 1 N–H and O–H groups in total. The highest BCUT2D eigenvalue weighted by atomic mass is 16.4. The molecule has 0 bridgehead atoms. The molecule has 0 saturated carbocycles. The Labute approximate surface area is 55.2 Å². The van der Waals surface area contributed by atoms with Gasteiger partial charge in [0.05, 0.1) is 6.42 Å². The molecule has 2 nitrogen and oxygen atoms in total. The Balaban J connectivity index is 3.50. The molecule has 0 aliphatic heterocycles. The monoisotopic (exact) mass is 128 g/mol. The van der Waals surface area contributed by atoms with Gasteiger partial charge in [-0.3, -0.25) is 4.79 Å². The Morgan fingerprint density at radius 1 is 1.78 bits per heavy atom. The smallest absolute Gasteiger partial charge is 0.303 e. The van der Waals surface area contributed by atoms with Crippen molar-refractivity contribution in [1.82, 2.24) is 0 Å². The third-order valence-electron chi connectivity index (χ3n) is 1.02. The molecule has 0 amide bonds. The van der Waals surface area contributed by atoms with E-state index in [2.05, 4.69) is 0 Å². The number of rotatable bonds is 3. The van der Waals surface area contributed by atoms with Crippen LogP contribution in [-0.4, -0.2) is 11.1 Å². The van der Waals surface area contributed by atoms with Crippen molar-refractivity contribution >= 4 is 5.97 Å². The number of hydrogen-bond donors (Lipinski definition) is 1.